The van der Waals surface area contributed by atoms with Crippen LogP contribution in [0, 0.1) is 0 Å². The van der Waals surface area contributed by atoms with E-state index in [1.54, 1.807) is 0 Å². The third-order valence-corrected chi connectivity index (χ3v) is 1.49. The summed E-state index contributed by atoms with van der Waals surface area (Å²) in [6.45, 7) is 0.796. The Morgan fingerprint density at radius 1 is 1.06 bits per heavy atom. The first-order chi connectivity index (χ1) is 6.95. The number of ether oxygens (including phenoxy) is 1. The average Bonchev–Trinajstić information content (AvgIpc) is 2.00. The molecule has 0 atom stereocenters. The van der Waals surface area contributed by atoms with Gasteiger partial charge in [0, 0.05) is 0 Å². The number of carbonyl (C=O) groups is 1. The minimum atomic E-state index is -6.43. The molecular formula is C7H7F7O2. The summed E-state index contributed by atoms with van der Waals surface area (Å²) in [7, 11) is 0. The first kappa shape index (κ1) is 15.0. The highest BCUT2D eigenvalue weighted by Gasteiger charge is 2.73. The fraction of sp³-hybridized carbons (Fsp3) is 0.857. The van der Waals surface area contributed by atoms with E-state index in [9.17, 15) is 35.5 Å². The van der Waals surface area contributed by atoms with Crippen molar-refractivity contribution in [3.8, 4) is 0 Å². The zero-order valence-electron chi connectivity index (χ0n) is 7.88. The van der Waals surface area contributed by atoms with Crippen molar-refractivity contribution >= 4 is 5.97 Å². The topological polar surface area (TPSA) is 26.3 Å². The van der Waals surface area contributed by atoms with Crippen molar-refractivity contribution in [1.82, 2.24) is 0 Å². The first-order valence-corrected chi connectivity index (χ1v) is 3.93. The lowest BCUT2D eigenvalue weighted by Crippen LogP contribution is -2.52. The van der Waals surface area contributed by atoms with Crippen LogP contribution in [-0.2, 0) is 9.53 Å². The van der Waals surface area contributed by atoms with Gasteiger partial charge in [0.25, 0.3) is 0 Å². The maximum atomic E-state index is 12.5. The summed E-state index contributed by atoms with van der Waals surface area (Å²) in [5.74, 6) is -13.6. The van der Waals surface area contributed by atoms with E-state index in [1.807, 2.05) is 0 Å². The second-order valence-corrected chi connectivity index (χ2v) is 2.76. The van der Waals surface area contributed by atoms with E-state index < -0.39 is 37.0 Å². The van der Waals surface area contributed by atoms with Gasteiger partial charge in [0.05, 0.1) is 6.61 Å². The van der Waals surface area contributed by atoms with Gasteiger partial charge >= 0.3 is 24.0 Å². The fourth-order valence-corrected chi connectivity index (χ4v) is 0.712. The Morgan fingerprint density at radius 3 is 1.81 bits per heavy atom. The molecule has 0 saturated carbocycles. The van der Waals surface area contributed by atoms with Gasteiger partial charge in [-0.05, 0) is 6.92 Å². The van der Waals surface area contributed by atoms with Crippen molar-refractivity contribution in [3.63, 3.8) is 0 Å². The summed E-state index contributed by atoms with van der Waals surface area (Å²) in [6.07, 6.45) is -8.75. The third kappa shape index (κ3) is 2.99. The summed E-state index contributed by atoms with van der Waals surface area (Å²) in [4.78, 5) is 10.4. The third-order valence-electron chi connectivity index (χ3n) is 1.49. The molecule has 2 nitrogen and oxygen atoms in total. The Hall–Kier alpha value is -1.02. The minimum Gasteiger partial charge on any atom is -0.466 e. The number of esters is 1. The molecule has 0 aromatic heterocycles. The molecule has 0 unspecified atom stereocenters. The van der Waals surface area contributed by atoms with Gasteiger partial charge in [-0.1, -0.05) is 0 Å². The lowest BCUT2D eigenvalue weighted by atomic mass is 10.1. The van der Waals surface area contributed by atoms with E-state index in [0.717, 1.165) is 0 Å². The van der Waals surface area contributed by atoms with Crippen molar-refractivity contribution < 1.29 is 40.3 Å². The van der Waals surface area contributed by atoms with Crippen molar-refractivity contribution in [1.29, 1.82) is 0 Å². The number of halogens is 7. The Morgan fingerprint density at radius 2 is 1.50 bits per heavy atom. The van der Waals surface area contributed by atoms with E-state index in [-0.39, 0.29) is 0 Å². The normalized spacial score (nSPS) is 13.8. The molecule has 0 amide bonds. The molecular weight excluding hydrogens is 249 g/mol. The van der Waals surface area contributed by atoms with E-state index in [0.29, 0.717) is 0 Å². The molecule has 0 N–H and O–H groups in total. The Kier molecular flexibility index (Phi) is 4.18. The molecule has 0 fully saturated rings. The zero-order chi connectivity index (χ0) is 13.2. The predicted octanol–water partition coefficient (Wildman–Crippen LogP) is 2.77. The van der Waals surface area contributed by atoms with E-state index in [2.05, 4.69) is 4.74 Å². The van der Waals surface area contributed by atoms with Crippen LogP contribution in [0.4, 0.5) is 30.7 Å². The van der Waals surface area contributed by atoms with Crippen LogP contribution in [-0.4, -0.2) is 30.6 Å². The van der Waals surface area contributed by atoms with Crippen LogP contribution in [0.2, 0.25) is 0 Å². The number of hydrogen-bond donors (Lipinski definition) is 0. The van der Waals surface area contributed by atoms with Crippen LogP contribution in [0.3, 0.4) is 0 Å². The van der Waals surface area contributed by atoms with Crippen LogP contribution in [0.15, 0.2) is 0 Å². The Balaban J connectivity index is 4.84. The van der Waals surface area contributed by atoms with Crippen LogP contribution in [0.5, 0.6) is 0 Å². The largest absolute Gasteiger partial charge is 0.466 e. The summed E-state index contributed by atoms with van der Waals surface area (Å²) < 4.78 is 88.1. The van der Waals surface area contributed by atoms with Crippen molar-refractivity contribution in [3.05, 3.63) is 0 Å². The molecule has 0 aliphatic rings. The fourth-order valence-electron chi connectivity index (χ4n) is 0.712. The van der Waals surface area contributed by atoms with Crippen molar-refractivity contribution in [2.75, 3.05) is 6.61 Å². The monoisotopic (exact) mass is 256 g/mol. The predicted molar refractivity (Wildman–Crippen MR) is 37.2 cm³/mol. The summed E-state index contributed by atoms with van der Waals surface area (Å²) in [5.41, 5.74) is 0. The number of carbonyl (C=O) groups excluding carboxylic acids is 1. The van der Waals surface area contributed by atoms with Gasteiger partial charge < -0.3 is 4.74 Å². The number of rotatable bonds is 4. The maximum absolute atomic E-state index is 12.5. The van der Waals surface area contributed by atoms with E-state index in [1.165, 1.54) is 6.92 Å². The lowest BCUT2D eigenvalue weighted by Gasteiger charge is -2.27. The number of hydrogen-bond acceptors (Lipinski definition) is 2. The quantitative estimate of drug-likeness (QED) is 0.571. The smallest absolute Gasteiger partial charge is 0.459 e. The van der Waals surface area contributed by atoms with Gasteiger partial charge in [0.2, 0.25) is 0 Å². The minimum absolute atomic E-state index is 0.396. The Bertz CT molecular complexity index is 258. The second kappa shape index (κ2) is 4.46. The van der Waals surface area contributed by atoms with Gasteiger partial charge in [-0.25, -0.2) is 0 Å². The van der Waals surface area contributed by atoms with Gasteiger partial charge in [-0.2, -0.15) is 30.7 Å². The molecule has 0 aliphatic heterocycles. The molecule has 16 heavy (non-hydrogen) atoms. The second-order valence-electron chi connectivity index (χ2n) is 2.76. The summed E-state index contributed by atoms with van der Waals surface area (Å²) in [5, 5.41) is 0. The molecule has 0 radical (unpaired) electrons. The van der Waals surface area contributed by atoms with Crippen molar-refractivity contribution in [2.24, 2.45) is 0 Å². The molecule has 0 aromatic carbocycles. The highest BCUT2D eigenvalue weighted by molar-refractivity contribution is 5.70. The van der Waals surface area contributed by atoms with Crippen LogP contribution < -0.4 is 0 Å². The van der Waals surface area contributed by atoms with Crippen LogP contribution in [0.25, 0.3) is 0 Å². The average molecular weight is 256 g/mol. The first-order valence-electron chi connectivity index (χ1n) is 3.93. The molecule has 0 rings (SSSR count). The highest BCUT2D eigenvalue weighted by Crippen LogP contribution is 2.48. The highest BCUT2D eigenvalue weighted by atomic mass is 19.4. The van der Waals surface area contributed by atoms with Gasteiger partial charge in [0.1, 0.15) is 6.42 Å². The van der Waals surface area contributed by atoms with Gasteiger partial charge in [0.15, 0.2) is 0 Å². The van der Waals surface area contributed by atoms with Gasteiger partial charge in [-0.3, -0.25) is 4.79 Å². The van der Waals surface area contributed by atoms with Crippen molar-refractivity contribution in [2.45, 2.75) is 31.4 Å². The molecule has 0 heterocycles. The lowest BCUT2D eigenvalue weighted by molar-refractivity contribution is -0.354. The van der Waals surface area contributed by atoms with Crippen LogP contribution in [0.1, 0.15) is 13.3 Å². The molecule has 0 aliphatic carbocycles. The standard InChI is InChI=1S/C7H7F7O2/c1-2-16-4(15)3-5(8,9)6(10,11)7(12,13)14/h2-3H2,1H3. The molecule has 0 saturated heterocycles. The van der Waals surface area contributed by atoms with Crippen LogP contribution >= 0.6 is 0 Å². The molecule has 96 valence electrons. The molecule has 9 heteroatoms. The Labute approximate surface area is 85.4 Å². The summed E-state index contributed by atoms with van der Waals surface area (Å²) >= 11 is 0. The SMILES string of the molecule is CCOC(=O)CC(F)(F)C(F)(F)C(F)(F)F. The summed E-state index contributed by atoms with van der Waals surface area (Å²) in [6, 6.07) is 0. The van der Waals surface area contributed by atoms with E-state index >= 15 is 0 Å². The zero-order valence-corrected chi connectivity index (χ0v) is 7.88. The molecule has 0 aromatic rings. The van der Waals surface area contributed by atoms with E-state index in [4.69, 9.17) is 0 Å². The van der Waals surface area contributed by atoms with Gasteiger partial charge in [-0.15, -0.1) is 0 Å². The molecule has 0 spiro atoms. The molecule has 0 bridgehead atoms. The number of alkyl halides is 7. The maximum Gasteiger partial charge on any atom is 0.459 e.